The lowest BCUT2D eigenvalue weighted by Gasteiger charge is -2.35. The molecule has 0 saturated carbocycles. The second kappa shape index (κ2) is 5.13. The van der Waals surface area contributed by atoms with Crippen LogP contribution in [-0.4, -0.2) is 48.4 Å². The second-order valence-electron chi connectivity index (χ2n) is 6.88. The summed E-state index contributed by atoms with van der Waals surface area (Å²) in [7, 11) is 2.16. The molecule has 4 heterocycles. The largest absolute Gasteiger partial charge is 0.451 e. The number of aryl methyl sites for hydroxylation is 1. The number of nitrogens with zero attached hydrogens (tertiary/aromatic N) is 2. The lowest BCUT2D eigenvalue weighted by atomic mass is 9.95. The summed E-state index contributed by atoms with van der Waals surface area (Å²) in [5, 5.41) is 1.01. The van der Waals surface area contributed by atoms with Crippen molar-refractivity contribution in [2.75, 3.05) is 26.7 Å². The van der Waals surface area contributed by atoms with Crippen LogP contribution in [0.4, 0.5) is 0 Å². The fourth-order valence-electron chi connectivity index (χ4n) is 4.02. The van der Waals surface area contributed by atoms with Gasteiger partial charge in [-0.15, -0.1) is 0 Å². The number of fused-ring (bicyclic) bond motifs is 5. The van der Waals surface area contributed by atoms with Crippen LogP contribution >= 0.6 is 0 Å². The summed E-state index contributed by atoms with van der Waals surface area (Å²) in [5.41, 5.74) is 1.91. The predicted molar refractivity (Wildman–Crippen MR) is 86.0 cm³/mol. The van der Waals surface area contributed by atoms with Gasteiger partial charge >= 0.3 is 0 Å². The maximum absolute atomic E-state index is 12.9. The SMILES string of the molecule is Cc1cccc2cc(C(=O)N3C[C@H]4CC[C@@H]3CN(C)C4)oc12. The van der Waals surface area contributed by atoms with E-state index >= 15 is 0 Å². The van der Waals surface area contributed by atoms with Gasteiger partial charge in [0.1, 0.15) is 5.58 Å². The van der Waals surface area contributed by atoms with Crippen molar-refractivity contribution in [3.05, 3.63) is 35.6 Å². The van der Waals surface area contributed by atoms with Gasteiger partial charge in [-0.25, -0.2) is 0 Å². The van der Waals surface area contributed by atoms with Crippen LogP contribution in [0.5, 0.6) is 0 Å². The van der Waals surface area contributed by atoms with Crippen LogP contribution < -0.4 is 0 Å². The standard InChI is InChI=1S/C18H22N2O2/c1-12-4-3-5-14-8-16(22-17(12)14)18(21)20-10-13-6-7-15(20)11-19(2)9-13/h3-5,8,13,15H,6-7,9-11H2,1-2H3/t13-,15+/m0/s1. The Labute approximate surface area is 130 Å². The van der Waals surface area contributed by atoms with E-state index in [0.29, 0.717) is 17.7 Å². The molecule has 0 spiro atoms. The lowest BCUT2D eigenvalue weighted by Crippen LogP contribution is -2.47. The number of hydrogen-bond donors (Lipinski definition) is 0. The van der Waals surface area contributed by atoms with E-state index in [0.717, 1.165) is 42.6 Å². The molecule has 0 unspecified atom stereocenters. The van der Waals surface area contributed by atoms with Gasteiger partial charge in [0.25, 0.3) is 5.91 Å². The molecule has 0 aliphatic carbocycles. The van der Waals surface area contributed by atoms with Crippen LogP contribution in [-0.2, 0) is 0 Å². The van der Waals surface area contributed by atoms with Crippen LogP contribution in [0.25, 0.3) is 11.0 Å². The molecule has 3 saturated heterocycles. The molecule has 3 aliphatic heterocycles. The minimum atomic E-state index is 0.0561. The zero-order chi connectivity index (χ0) is 15.3. The Morgan fingerprint density at radius 1 is 1.23 bits per heavy atom. The van der Waals surface area contributed by atoms with Gasteiger partial charge in [-0.2, -0.15) is 0 Å². The van der Waals surface area contributed by atoms with Gasteiger partial charge < -0.3 is 14.2 Å². The lowest BCUT2D eigenvalue weighted by molar-refractivity contribution is 0.0557. The molecule has 1 aromatic heterocycles. The maximum atomic E-state index is 12.9. The van der Waals surface area contributed by atoms with E-state index in [9.17, 15) is 4.79 Å². The van der Waals surface area contributed by atoms with Gasteiger partial charge in [-0.05, 0) is 44.4 Å². The molecule has 2 aromatic rings. The van der Waals surface area contributed by atoms with Gasteiger partial charge in [-0.1, -0.05) is 18.2 Å². The Balaban J connectivity index is 1.67. The molecule has 116 valence electrons. The van der Waals surface area contributed by atoms with E-state index in [4.69, 9.17) is 4.42 Å². The highest BCUT2D eigenvalue weighted by atomic mass is 16.3. The van der Waals surface area contributed by atoms with Crippen molar-refractivity contribution in [1.29, 1.82) is 0 Å². The van der Waals surface area contributed by atoms with Crippen LogP contribution in [0.15, 0.2) is 28.7 Å². The molecule has 0 N–H and O–H groups in total. The molecule has 2 bridgehead atoms. The van der Waals surface area contributed by atoms with E-state index in [2.05, 4.69) is 11.9 Å². The molecular weight excluding hydrogens is 276 g/mol. The molecule has 22 heavy (non-hydrogen) atoms. The van der Waals surface area contributed by atoms with E-state index in [1.165, 1.54) is 6.42 Å². The molecular formula is C18H22N2O2. The van der Waals surface area contributed by atoms with Crippen molar-refractivity contribution in [2.24, 2.45) is 5.92 Å². The summed E-state index contributed by atoms with van der Waals surface area (Å²) in [4.78, 5) is 17.3. The van der Waals surface area contributed by atoms with Crippen molar-refractivity contribution in [3.8, 4) is 0 Å². The van der Waals surface area contributed by atoms with Crippen molar-refractivity contribution >= 4 is 16.9 Å². The van der Waals surface area contributed by atoms with E-state index in [1.807, 2.05) is 36.1 Å². The van der Waals surface area contributed by atoms with Crippen LogP contribution in [0, 0.1) is 12.8 Å². The Morgan fingerprint density at radius 2 is 2.09 bits per heavy atom. The van der Waals surface area contributed by atoms with Crippen molar-refractivity contribution in [1.82, 2.24) is 9.80 Å². The number of likely N-dealkylation sites (N-methyl/N-ethyl adjacent to an activating group) is 1. The fraction of sp³-hybridized carbons (Fsp3) is 0.500. The van der Waals surface area contributed by atoms with E-state index < -0.39 is 0 Å². The maximum Gasteiger partial charge on any atom is 0.289 e. The Kier molecular flexibility index (Phi) is 3.22. The van der Waals surface area contributed by atoms with Gasteiger partial charge in [0, 0.05) is 31.1 Å². The van der Waals surface area contributed by atoms with E-state index in [1.54, 1.807) is 0 Å². The molecule has 5 rings (SSSR count). The zero-order valence-electron chi connectivity index (χ0n) is 13.2. The third-order valence-corrected chi connectivity index (χ3v) is 5.11. The molecule has 3 fully saturated rings. The number of hydrogen-bond acceptors (Lipinski definition) is 3. The van der Waals surface area contributed by atoms with Crippen LogP contribution in [0.1, 0.15) is 29.0 Å². The normalized spacial score (nSPS) is 25.6. The molecule has 2 atom stereocenters. The minimum Gasteiger partial charge on any atom is -0.451 e. The van der Waals surface area contributed by atoms with Gasteiger partial charge in [0.05, 0.1) is 0 Å². The monoisotopic (exact) mass is 298 g/mol. The molecule has 3 aliphatic rings. The summed E-state index contributed by atoms with van der Waals surface area (Å²) < 4.78 is 5.88. The zero-order valence-corrected chi connectivity index (χ0v) is 13.2. The summed E-state index contributed by atoms with van der Waals surface area (Å²) in [5.74, 6) is 1.14. The predicted octanol–water partition coefficient (Wildman–Crippen LogP) is 2.91. The summed E-state index contributed by atoms with van der Waals surface area (Å²) in [6.45, 7) is 4.95. The van der Waals surface area contributed by atoms with Crippen molar-refractivity contribution < 1.29 is 9.21 Å². The molecule has 4 nitrogen and oxygen atoms in total. The number of para-hydroxylation sites is 1. The van der Waals surface area contributed by atoms with Gasteiger partial charge in [0.15, 0.2) is 5.76 Å². The van der Waals surface area contributed by atoms with Crippen LogP contribution in [0.3, 0.4) is 0 Å². The smallest absolute Gasteiger partial charge is 0.289 e. The number of carbonyl (C=O) groups is 1. The first-order chi connectivity index (χ1) is 10.6. The molecule has 0 radical (unpaired) electrons. The number of benzene rings is 1. The summed E-state index contributed by atoms with van der Waals surface area (Å²) >= 11 is 0. The van der Waals surface area contributed by atoms with Gasteiger partial charge in [-0.3, -0.25) is 4.79 Å². The van der Waals surface area contributed by atoms with Crippen LogP contribution in [0.2, 0.25) is 0 Å². The number of carbonyl (C=O) groups excluding carboxylic acids is 1. The second-order valence-corrected chi connectivity index (χ2v) is 6.88. The van der Waals surface area contributed by atoms with Crippen molar-refractivity contribution in [2.45, 2.75) is 25.8 Å². The average molecular weight is 298 g/mol. The third kappa shape index (κ3) is 2.22. The topological polar surface area (TPSA) is 36.7 Å². The molecule has 1 amide bonds. The fourth-order valence-corrected chi connectivity index (χ4v) is 4.02. The third-order valence-electron chi connectivity index (χ3n) is 5.11. The number of furan rings is 1. The summed E-state index contributed by atoms with van der Waals surface area (Å²) in [6, 6.07) is 8.25. The first-order valence-electron chi connectivity index (χ1n) is 8.10. The Morgan fingerprint density at radius 3 is 2.91 bits per heavy atom. The number of amides is 1. The number of piperidine rings is 1. The molecule has 4 heteroatoms. The highest BCUT2D eigenvalue weighted by Crippen LogP contribution is 2.30. The van der Waals surface area contributed by atoms with Crippen molar-refractivity contribution in [3.63, 3.8) is 0 Å². The quantitative estimate of drug-likeness (QED) is 0.812. The Bertz CT molecular complexity index is 721. The average Bonchev–Trinajstić information content (AvgIpc) is 2.77. The highest BCUT2D eigenvalue weighted by Gasteiger charge is 2.37. The van der Waals surface area contributed by atoms with E-state index in [-0.39, 0.29) is 5.91 Å². The first-order valence-corrected chi connectivity index (χ1v) is 8.10. The highest BCUT2D eigenvalue weighted by molar-refractivity contribution is 5.97. The van der Waals surface area contributed by atoms with Gasteiger partial charge in [0.2, 0.25) is 0 Å². The number of rotatable bonds is 1. The molecule has 1 aromatic carbocycles. The first kappa shape index (κ1) is 13.8. The minimum absolute atomic E-state index is 0.0561. The Hall–Kier alpha value is -1.81. The summed E-state index contributed by atoms with van der Waals surface area (Å²) in [6.07, 6.45) is 2.35.